The van der Waals surface area contributed by atoms with Crippen molar-refractivity contribution in [1.82, 2.24) is 5.32 Å². The topological polar surface area (TPSA) is 73.6 Å². The Morgan fingerprint density at radius 2 is 2.12 bits per heavy atom. The molecule has 6 heteroatoms. The fourth-order valence-corrected chi connectivity index (χ4v) is 3.02. The number of benzene rings is 1. The highest BCUT2D eigenvalue weighted by Crippen LogP contribution is 2.27. The number of carbonyl (C=O) groups is 1. The Labute approximate surface area is 157 Å². The summed E-state index contributed by atoms with van der Waals surface area (Å²) < 4.78 is 11.5. The first-order chi connectivity index (χ1) is 11.5. The van der Waals surface area contributed by atoms with Crippen LogP contribution in [0.4, 0.5) is 0 Å². The Morgan fingerprint density at radius 1 is 1.40 bits per heavy atom. The number of amides is 1. The first kappa shape index (κ1) is 21.7. The molecule has 2 rings (SSSR count). The van der Waals surface area contributed by atoms with E-state index in [0.29, 0.717) is 19.7 Å². The third-order valence-corrected chi connectivity index (χ3v) is 5.07. The summed E-state index contributed by atoms with van der Waals surface area (Å²) in [6, 6.07) is 6.08. The summed E-state index contributed by atoms with van der Waals surface area (Å²) >= 11 is 0. The van der Waals surface area contributed by atoms with Gasteiger partial charge in [-0.05, 0) is 31.4 Å². The summed E-state index contributed by atoms with van der Waals surface area (Å²) in [4.78, 5) is 12.6. The Bertz CT molecular complexity index is 547. The van der Waals surface area contributed by atoms with Gasteiger partial charge in [-0.3, -0.25) is 4.79 Å². The van der Waals surface area contributed by atoms with Gasteiger partial charge in [-0.2, -0.15) is 0 Å². The zero-order chi connectivity index (χ0) is 17.6. The second-order valence-corrected chi connectivity index (χ2v) is 6.59. The molecular weight excluding hydrogens is 340 g/mol. The van der Waals surface area contributed by atoms with Crippen molar-refractivity contribution in [3.8, 4) is 5.75 Å². The molecule has 1 atom stereocenters. The average molecular weight is 371 g/mol. The van der Waals surface area contributed by atoms with E-state index in [1.807, 2.05) is 39.0 Å². The lowest BCUT2D eigenvalue weighted by Gasteiger charge is -2.28. The summed E-state index contributed by atoms with van der Waals surface area (Å²) in [5.74, 6) is 0.850. The Balaban J connectivity index is 0.00000312. The summed E-state index contributed by atoms with van der Waals surface area (Å²) in [6.45, 7) is 8.24. The van der Waals surface area contributed by atoms with Crippen LogP contribution in [0.1, 0.15) is 44.2 Å². The van der Waals surface area contributed by atoms with E-state index in [1.54, 1.807) is 0 Å². The lowest BCUT2D eigenvalue weighted by Crippen LogP contribution is -2.45. The third-order valence-electron chi connectivity index (χ3n) is 5.07. The maximum atomic E-state index is 12.6. The van der Waals surface area contributed by atoms with Gasteiger partial charge in [0, 0.05) is 25.1 Å². The molecular formula is C19H31ClN2O3. The first-order valence-corrected chi connectivity index (χ1v) is 8.87. The maximum absolute atomic E-state index is 12.6. The molecule has 0 saturated carbocycles. The number of nitrogens with two attached hydrogens (primary N) is 1. The average Bonchev–Trinajstić information content (AvgIpc) is 3.09. The number of carbonyl (C=O) groups excluding carboxylic acids is 1. The molecule has 0 aromatic heterocycles. The first-order valence-electron chi connectivity index (χ1n) is 8.87. The van der Waals surface area contributed by atoms with E-state index in [-0.39, 0.29) is 24.4 Å². The number of hydrogen-bond donors (Lipinski definition) is 2. The van der Waals surface area contributed by atoms with Crippen molar-refractivity contribution in [1.29, 1.82) is 0 Å². The van der Waals surface area contributed by atoms with E-state index >= 15 is 0 Å². The molecule has 1 aromatic carbocycles. The third kappa shape index (κ3) is 5.33. The second-order valence-electron chi connectivity index (χ2n) is 6.59. The Kier molecular flexibility index (Phi) is 8.69. The largest absolute Gasteiger partial charge is 0.488 e. The highest BCUT2D eigenvalue weighted by Gasteiger charge is 2.33. The lowest BCUT2D eigenvalue weighted by molar-refractivity contribution is -0.131. The van der Waals surface area contributed by atoms with Gasteiger partial charge in [-0.1, -0.05) is 26.0 Å². The van der Waals surface area contributed by atoms with Crippen LogP contribution in [0.3, 0.4) is 0 Å². The van der Waals surface area contributed by atoms with Gasteiger partial charge >= 0.3 is 0 Å². The van der Waals surface area contributed by atoms with Crippen LogP contribution < -0.4 is 15.8 Å². The number of ether oxygens (including phenoxy) is 2. The molecule has 1 aromatic rings. The van der Waals surface area contributed by atoms with Crippen molar-refractivity contribution < 1.29 is 14.3 Å². The second kappa shape index (κ2) is 10.00. The van der Waals surface area contributed by atoms with Crippen LogP contribution in [0.15, 0.2) is 18.2 Å². The van der Waals surface area contributed by atoms with Gasteiger partial charge in [0.05, 0.1) is 18.6 Å². The normalized spacial score (nSPS) is 17.0. The molecule has 3 N–H and O–H groups in total. The maximum Gasteiger partial charge on any atom is 0.227 e. The quantitative estimate of drug-likeness (QED) is 0.737. The van der Waals surface area contributed by atoms with E-state index in [9.17, 15) is 4.79 Å². The lowest BCUT2D eigenvalue weighted by atomic mass is 9.81. The van der Waals surface area contributed by atoms with Crippen molar-refractivity contribution >= 4 is 18.3 Å². The minimum atomic E-state index is -0.481. The van der Waals surface area contributed by atoms with Crippen molar-refractivity contribution in [2.24, 2.45) is 11.1 Å². The molecule has 1 unspecified atom stereocenters. The van der Waals surface area contributed by atoms with Crippen molar-refractivity contribution in [2.45, 2.75) is 52.7 Å². The zero-order valence-electron chi connectivity index (χ0n) is 15.5. The summed E-state index contributed by atoms with van der Waals surface area (Å²) in [5, 5.41) is 3.05. The number of hydrogen-bond acceptors (Lipinski definition) is 4. The molecule has 1 heterocycles. The Morgan fingerprint density at radius 3 is 2.68 bits per heavy atom. The number of nitrogens with one attached hydrogen (secondary N) is 1. The van der Waals surface area contributed by atoms with Crippen LogP contribution in [0.25, 0.3) is 0 Å². The smallest absolute Gasteiger partial charge is 0.227 e. The predicted molar refractivity (Wildman–Crippen MR) is 102 cm³/mol. The van der Waals surface area contributed by atoms with Crippen LogP contribution >= 0.6 is 12.4 Å². The van der Waals surface area contributed by atoms with Gasteiger partial charge in [0.1, 0.15) is 11.9 Å². The van der Waals surface area contributed by atoms with Crippen molar-refractivity contribution in [2.75, 3.05) is 19.8 Å². The highest BCUT2D eigenvalue weighted by atomic mass is 35.5. The molecule has 1 saturated heterocycles. The fourth-order valence-electron chi connectivity index (χ4n) is 3.02. The molecule has 0 bridgehead atoms. The molecule has 0 radical (unpaired) electrons. The minimum Gasteiger partial charge on any atom is -0.488 e. The van der Waals surface area contributed by atoms with E-state index in [4.69, 9.17) is 15.2 Å². The molecule has 0 aliphatic carbocycles. The van der Waals surface area contributed by atoms with Gasteiger partial charge in [-0.15, -0.1) is 12.4 Å². The van der Waals surface area contributed by atoms with Gasteiger partial charge < -0.3 is 20.5 Å². The summed E-state index contributed by atoms with van der Waals surface area (Å²) in [7, 11) is 0. The molecule has 1 aliphatic rings. The van der Waals surface area contributed by atoms with Crippen molar-refractivity contribution in [3.63, 3.8) is 0 Å². The molecule has 25 heavy (non-hydrogen) atoms. The number of aryl methyl sites for hydroxylation is 1. The van der Waals surface area contributed by atoms with Crippen LogP contribution in [0.2, 0.25) is 0 Å². The monoisotopic (exact) mass is 370 g/mol. The summed E-state index contributed by atoms with van der Waals surface area (Å²) in [5.41, 5.74) is 7.50. The predicted octanol–water partition coefficient (Wildman–Crippen LogP) is 2.97. The standard InChI is InChI=1S/C19H30N2O3.ClH/c1-4-19(5-2,13-20)18(22)21-11-15-7-6-14(3)10-17(15)24-16-8-9-23-12-16;/h6-7,10,16H,4-5,8-9,11-13,20H2,1-3H3,(H,21,22);1H. The fraction of sp³-hybridized carbons (Fsp3) is 0.632. The van der Waals surface area contributed by atoms with Crippen LogP contribution in [-0.4, -0.2) is 31.8 Å². The molecule has 5 nitrogen and oxygen atoms in total. The van der Waals surface area contributed by atoms with Crippen LogP contribution in [0, 0.1) is 12.3 Å². The van der Waals surface area contributed by atoms with Gasteiger partial charge in [0.2, 0.25) is 5.91 Å². The Hall–Kier alpha value is -1.30. The van der Waals surface area contributed by atoms with E-state index in [1.165, 1.54) is 0 Å². The molecule has 1 aliphatic heterocycles. The molecule has 0 spiro atoms. The number of rotatable bonds is 8. The van der Waals surface area contributed by atoms with E-state index in [2.05, 4.69) is 5.32 Å². The van der Waals surface area contributed by atoms with Crippen LogP contribution in [-0.2, 0) is 16.1 Å². The molecule has 1 amide bonds. The SMILES string of the molecule is CCC(CC)(CN)C(=O)NCc1ccc(C)cc1OC1CCOC1.Cl. The minimum absolute atomic E-state index is 0. The van der Waals surface area contributed by atoms with E-state index in [0.717, 1.165) is 42.7 Å². The van der Waals surface area contributed by atoms with Gasteiger partial charge in [-0.25, -0.2) is 0 Å². The van der Waals surface area contributed by atoms with Gasteiger partial charge in [0.25, 0.3) is 0 Å². The van der Waals surface area contributed by atoms with E-state index < -0.39 is 5.41 Å². The van der Waals surface area contributed by atoms with Crippen LogP contribution in [0.5, 0.6) is 5.75 Å². The zero-order valence-corrected chi connectivity index (χ0v) is 16.3. The highest BCUT2D eigenvalue weighted by molar-refractivity contribution is 5.85. The number of halogens is 1. The van der Waals surface area contributed by atoms with Crippen molar-refractivity contribution in [3.05, 3.63) is 29.3 Å². The molecule has 142 valence electrons. The molecule has 1 fully saturated rings. The summed E-state index contributed by atoms with van der Waals surface area (Å²) in [6.07, 6.45) is 2.47. The van der Waals surface area contributed by atoms with Gasteiger partial charge in [0.15, 0.2) is 0 Å².